The molecule has 7 rings (SSSR count). The number of halogens is 2. The maximum Gasteiger partial charge on any atom is 0.280 e. The van der Waals surface area contributed by atoms with E-state index in [-0.39, 0.29) is 72.2 Å². The van der Waals surface area contributed by atoms with Crippen LogP contribution in [0.25, 0.3) is 22.2 Å². The first kappa shape index (κ1) is 51.4. The molecule has 5 aromatic rings. The Labute approximate surface area is 403 Å². The van der Waals surface area contributed by atoms with Crippen LogP contribution < -0.4 is 16.2 Å². The van der Waals surface area contributed by atoms with Crippen LogP contribution in [-0.4, -0.2) is 120 Å². The summed E-state index contributed by atoms with van der Waals surface area (Å²) in [5.41, 5.74) is -6.13. The predicted octanol–water partition coefficient (Wildman–Crippen LogP) is 4.38. The minimum atomic E-state index is -4.07. The second-order valence-electron chi connectivity index (χ2n) is 16.1. The molecule has 2 aliphatic heterocycles. The number of imidazole rings is 1. The van der Waals surface area contributed by atoms with Crippen molar-refractivity contribution in [2.45, 2.75) is 74.8 Å². The number of aliphatic hydroxyl groups is 1. The molecule has 2 fully saturated rings. The van der Waals surface area contributed by atoms with Crippen LogP contribution in [0.4, 0.5) is 20.5 Å². The smallest absolute Gasteiger partial charge is 0.280 e. The number of rotatable bonds is 20. The van der Waals surface area contributed by atoms with Gasteiger partial charge in [-0.25, -0.2) is 23.7 Å². The van der Waals surface area contributed by atoms with Crippen molar-refractivity contribution in [3.05, 3.63) is 70.9 Å². The number of aromatic amines is 1. The van der Waals surface area contributed by atoms with Crippen molar-refractivity contribution in [1.29, 1.82) is 10.5 Å². The molecule has 3 unspecified atom stereocenters. The fourth-order valence-corrected chi connectivity index (χ4v) is 12.5. The lowest BCUT2D eigenvalue weighted by molar-refractivity contribution is -0.118. The largest absolute Gasteiger partial charge is 0.394 e. The molecule has 21 nitrogen and oxygen atoms in total. The molecule has 69 heavy (non-hydrogen) atoms. The Morgan fingerprint density at radius 2 is 1.87 bits per heavy atom. The fourth-order valence-electron chi connectivity index (χ4n) is 7.98. The molecule has 4 N–H and O–H groups in total. The van der Waals surface area contributed by atoms with Crippen molar-refractivity contribution < 1.29 is 51.0 Å². The maximum absolute atomic E-state index is 17.4. The second-order valence-corrected chi connectivity index (χ2v) is 22.0. The zero-order valence-corrected chi connectivity index (χ0v) is 40.6. The fraction of sp³-hybridized carbons (Fsp3) is 0.452. The van der Waals surface area contributed by atoms with E-state index in [1.165, 1.54) is 16.1 Å². The van der Waals surface area contributed by atoms with Crippen LogP contribution in [0.15, 0.2) is 54.0 Å². The quantitative estimate of drug-likeness (QED) is 0.0478. The number of aliphatic hydroxyl groups excluding tert-OH is 1. The molecule has 0 spiro atoms. The molecule has 4 aromatic heterocycles. The summed E-state index contributed by atoms with van der Waals surface area (Å²) >= 11 is 11.9. The van der Waals surface area contributed by atoms with Gasteiger partial charge in [0.1, 0.15) is 35.5 Å². The monoisotopic (exact) mass is 1030 g/mol. The van der Waals surface area contributed by atoms with E-state index in [9.17, 15) is 24.8 Å². The van der Waals surface area contributed by atoms with E-state index in [1.807, 2.05) is 12.1 Å². The van der Waals surface area contributed by atoms with Gasteiger partial charge in [-0.05, 0) is 35.7 Å². The van der Waals surface area contributed by atoms with E-state index in [4.69, 9.17) is 62.9 Å². The van der Waals surface area contributed by atoms with Crippen LogP contribution in [0.5, 0.6) is 0 Å². The standard InChI is InChI=1S/C42H45F2N11O10P2S2/c1-5-41(33(65-66(68)62-15-9-13-45)28(19-61-41)54-17-27(43)30-34(47-22-48-35(30)54)50-38(58)26-11-7-6-8-12-26)20-64-67(69,63-16-10-14-46)25(4)42(21-60-29(18-56)32(42)44)55-23-49-31-36(55)51-40(53-39(31)59)52-37(57)24(2)3/h1,6-8,11-12,17,22-25,28-29,32-33,56,66H,9-10,15-16,18-21H2,2-4H3,(H,47,48,50,58)(H2,51,52,53,57,59)/t25-,28?,29+,32+,33-,41+,42+,67?/m0/s1. The lowest BCUT2D eigenvalue weighted by Crippen LogP contribution is -2.53. The van der Waals surface area contributed by atoms with E-state index in [0.717, 1.165) is 18.9 Å². The molecule has 9 atom stereocenters. The number of aromatic nitrogens is 7. The number of H-pyrrole nitrogens is 1. The number of ether oxygens (including phenoxy) is 2. The average molecular weight is 1030 g/mol. The Hall–Kier alpha value is -5.45. The number of nitrogens with one attached hydrogen (secondary N) is 3. The van der Waals surface area contributed by atoms with Crippen LogP contribution in [0.2, 0.25) is 0 Å². The first-order valence-electron chi connectivity index (χ1n) is 21.2. The number of nitriles is 2. The number of carbonyl (C=O) groups excluding carboxylic acids is 2. The van der Waals surface area contributed by atoms with Gasteiger partial charge in [-0.15, -0.1) is 6.42 Å². The van der Waals surface area contributed by atoms with Crippen LogP contribution in [0.1, 0.15) is 50.0 Å². The number of fused-ring (bicyclic) bond motifs is 2. The minimum Gasteiger partial charge on any atom is -0.394 e. The van der Waals surface area contributed by atoms with Gasteiger partial charge in [0, 0.05) is 17.7 Å². The van der Waals surface area contributed by atoms with Crippen LogP contribution in [0.3, 0.4) is 0 Å². The first-order chi connectivity index (χ1) is 33.1. The van der Waals surface area contributed by atoms with Crippen molar-refractivity contribution in [2.24, 2.45) is 5.92 Å². The van der Waals surface area contributed by atoms with E-state index in [1.54, 1.807) is 44.2 Å². The Balaban J connectivity index is 1.29. The van der Waals surface area contributed by atoms with Gasteiger partial charge >= 0.3 is 0 Å². The number of nitrogens with zero attached hydrogens (tertiary/aromatic N) is 8. The number of benzene rings is 1. The Morgan fingerprint density at radius 1 is 1.13 bits per heavy atom. The summed E-state index contributed by atoms with van der Waals surface area (Å²) < 4.78 is 73.4. The number of terminal acetylenes is 1. The Bertz CT molecular complexity index is 3000. The minimum absolute atomic E-state index is 0.00597. The lowest BCUT2D eigenvalue weighted by Gasteiger charge is -2.43. The van der Waals surface area contributed by atoms with Crippen molar-refractivity contribution >= 4 is 83.0 Å². The molecule has 2 amide bonds. The average Bonchev–Trinajstić information content (AvgIpc) is 4.11. The normalized spacial score (nSPS) is 24.1. The van der Waals surface area contributed by atoms with E-state index in [0.29, 0.717) is 0 Å². The first-order valence-corrected chi connectivity index (χ1v) is 26.3. The molecule has 0 aliphatic carbocycles. The summed E-state index contributed by atoms with van der Waals surface area (Å²) in [5.74, 6) is -0.148. The van der Waals surface area contributed by atoms with E-state index in [2.05, 4.69) is 41.5 Å². The topological polar surface area (TPSA) is 276 Å². The number of hydrogen-bond donors (Lipinski definition) is 4. The van der Waals surface area contributed by atoms with Gasteiger partial charge in [0.2, 0.25) is 11.9 Å². The molecule has 1 aromatic carbocycles. The van der Waals surface area contributed by atoms with Crippen LogP contribution in [0, 0.1) is 46.7 Å². The summed E-state index contributed by atoms with van der Waals surface area (Å²) in [7, 11) is -2.70. The van der Waals surface area contributed by atoms with Crippen molar-refractivity contribution in [3.8, 4) is 24.5 Å². The molecule has 2 aliphatic rings. The lowest BCUT2D eigenvalue weighted by atomic mass is 9.89. The van der Waals surface area contributed by atoms with Gasteiger partial charge in [-0.1, -0.05) is 44.9 Å². The van der Waals surface area contributed by atoms with E-state index >= 15 is 8.78 Å². The third kappa shape index (κ3) is 10.1. The maximum atomic E-state index is 17.4. The molecule has 0 saturated carbocycles. The molecule has 2 saturated heterocycles. The summed E-state index contributed by atoms with van der Waals surface area (Å²) in [6.07, 6.45) is 4.63. The van der Waals surface area contributed by atoms with Gasteiger partial charge < -0.3 is 47.1 Å². The highest BCUT2D eigenvalue weighted by Gasteiger charge is 2.61. The summed E-state index contributed by atoms with van der Waals surface area (Å²) in [6, 6.07) is 11.1. The molecular weight excluding hydrogens is 983 g/mol. The Morgan fingerprint density at radius 3 is 2.55 bits per heavy atom. The van der Waals surface area contributed by atoms with Crippen LogP contribution in [-0.2, 0) is 61.5 Å². The number of alkyl halides is 1. The molecule has 364 valence electrons. The zero-order valence-electron chi connectivity index (χ0n) is 37.0. The molecule has 0 bridgehead atoms. The predicted molar refractivity (Wildman–Crippen MR) is 252 cm³/mol. The summed E-state index contributed by atoms with van der Waals surface area (Å²) in [4.78, 5) is 58.8. The number of hydrogen-bond acceptors (Lipinski definition) is 18. The highest BCUT2D eigenvalue weighted by molar-refractivity contribution is 8.10. The van der Waals surface area contributed by atoms with Gasteiger partial charge in [-0.3, -0.25) is 24.7 Å². The third-order valence-corrected chi connectivity index (χ3v) is 17.2. The molecule has 6 heterocycles. The van der Waals surface area contributed by atoms with E-state index < -0.39 is 104 Å². The van der Waals surface area contributed by atoms with Gasteiger partial charge in [0.15, 0.2) is 42.4 Å². The second kappa shape index (κ2) is 21.7. The van der Waals surface area contributed by atoms with Gasteiger partial charge in [-0.2, -0.15) is 15.5 Å². The van der Waals surface area contributed by atoms with Crippen molar-refractivity contribution in [2.75, 3.05) is 50.3 Å². The van der Waals surface area contributed by atoms with Gasteiger partial charge in [0.25, 0.3) is 11.5 Å². The SMILES string of the molecule is C#C[C@]1(COP(=S)(OCCC#N)[C@@H](C)[C@]2(n3cnc4c(=O)[nH]c(NC(=O)C(C)C)nc43)CO[C@H](CO)[C@H]2F)OCC(n2cc(F)c3c(NC(=O)c4ccccc4)ncnc32)[C@@H]1O[PH](=S)OCCC#N. The summed E-state index contributed by atoms with van der Waals surface area (Å²) in [6.45, 7) is -1.90. The highest BCUT2D eigenvalue weighted by atomic mass is 32.5. The van der Waals surface area contributed by atoms with Gasteiger partial charge in [0.05, 0.1) is 88.0 Å². The zero-order chi connectivity index (χ0) is 49.7. The molecule has 27 heteroatoms. The number of carbonyl (C=O) groups is 2. The molecular formula is C42H45F2N11O10P2S2. The van der Waals surface area contributed by atoms with Crippen molar-refractivity contribution in [1.82, 2.24) is 34.1 Å². The Kier molecular flexibility index (Phi) is 16.1. The number of anilines is 2. The third-order valence-electron chi connectivity index (χ3n) is 11.7. The summed E-state index contributed by atoms with van der Waals surface area (Å²) in [5, 5.41) is 34.0. The van der Waals surface area contributed by atoms with Crippen molar-refractivity contribution in [3.63, 3.8) is 0 Å². The highest BCUT2D eigenvalue weighted by Crippen LogP contribution is 2.62. The molecule has 0 radical (unpaired) electrons. The van der Waals surface area contributed by atoms with Crippen LogP contribution >= 0.6 is 13.6 Å². The number of amides is 2.